The largest absolute Gasteiger partial charge is 0.464 e. The summed E-state index contributed by atoms with van der Waals surface area (Å²) < 4.78 is 10.3. The Hall–Kier alpha value is -0.610. The molecule has 1 fully saturated rings. The van der Waals surface area contributed by atoms with Gasteiger partial charge in [0.1, 0.15) is 6.61 Å². The van der Waals surface area contributed by atoms with Gasteiger partial charge < -0.3 is 9.47 Å². The fourth-order valence-corrected chi connectivity index (χ4v) is 1.54. The summed E-state index contributed by atoms with van der Waals surface area (Å²) in [5, 5.41) is 0. The summed E-state index contributed by atoms with van der Waals surface area (Å²) in [5.41, 5.74) is -0.0878. The predicted octanol–water partition coefficient (Wildman–Crippen LogP) is 0.660. The third-order valence-corrected chi connectivity index (χ3v) is 2.50. The molecule has 0 saturated carbocycles. The van der Waals surface area contributed by atoms with Gasteiger partial charge in [0.2, 0.25) is 0 Å². The maximum atomic E-state index is 10.7. The molecule has 4 nitrogen and oxygen atoms in total. The quantitative estimate of drug-likeness (QED) is 0.629. The van der Waals surface area contributed by atoms with Gasteiger partial charge in [-0.15, -0.1) is 0 Å². The third kappa shape index (κ3) is 3.27. The summed E-state index contributed by atoms with van der Waals surface area (Å²) in [6.07, 6.45) is 0. The van der Waals surface area contributed by atoms with Crippen molar-refractivity contribution in [2.24, 2.45) is 0 Å². The first-order valence-corrected chi connectivity index (χ1v) is 4.98. The molecule has 1 rings (SSSR count). The summed E-state index contributed by atoms with van der Waals surface area (Å²) in [5.74, 6) is -0.216. The highest BCUT2D eigenvalue weighted by Gasteiger charge is 2.29. The molecule has 1 heterocycles. The van der Waals surface area contributed by atoms with Crippen molar-refractivity contribution in [3.05, 3.63) is 0 Å². The second-order valence-electron chi connectivity index (χ2n) is 4.19. The van der Waals surface area contributed by atoms with Crippen LogP contribution in [0.5, 0.6) is 0 Å². The molecule has 4 heteroatoms. The smallest absolute Gasteiger partial charge is 0.302 e. The zero-order chi connectivity index (χ0) is 10.6. The van der Waals surface area contributed by atoms with E-state index in [0.717, 1.165) is 26.3 Å². The molecule has 1 aliphatic rings. The molecule has 1 aliphatic heterocycles. The Bertz CT molecular complexity index is 198. The van der Waals surface area contributed by atoms with Crippen molar-refractivity contribution in [3.63, 3.8) is 0 Å². The van der Waals surface area contributed by atoms with E-state index in [1.807, 2.05) is 0 Å². The lowest BCUT2D eigenvalue weighted by Crippen LogP contribution is -2.52. The van der Waals surface area contributed by atoms with Crippen molar-refractivity contribution >= 4 is 5.97 Å². The third-order valence-electron chi connectivity index (χ3n) is 2.50. The SMILES string of the molecule is CC(=O)OCC(C)(C)N1CCOCC1. The number of hydrogen-bond donors (Lipinski definition) is 0. The fraction of sp³-hybridized carbons (Fsp3) is 0.900. The molecule has 1 saturated heterocycles. The number of rotatable bonds is 3. The van der Waals surface area contributed by atoms with Crippen molar-refractivity contribution in [1.82, 2.24) is 4.90 Å². The number of esters is 1. The highest BCUT2D eigenvalue weighted by atomic mass is 16.5. The van der Waals surface area contributed by atoms with E-state index in [-0.39, 0.29) is 11.5 Å². The number of hydrogen-bond acceptors (Lipinski definition) is 4. The Labute approximate surface area is 85.2 Å². The number of morpholine rings is 1. The maximum Gasteiger partial charge on any atom is 0.302 e. The van der Waals surface area contributed by atoms with Crippen molar-refractivity contribution in [2.75, 3.05) is 32.9 Å². The fourth-order valence-electron chi connectivity index (χ4n) is 1.54. The van der Waals surface area contributed by atoms with Gasteiger partial charge in [-0.3, -0.25) is 9.69 Å². The van der Waals surface area contributed by atoms with Crippen LogP contribution in [0.2, 0.25) is 0 Å². The van der Waals surface area contributed by atoms with Crippen LogP contribution in [0.4, 0.5) is 0 Å². The minimum Gasteiger partial charge on any atom is -0.464 e. The second-order valence-corrected chi connectivity index (χ2v) is 4.19. The molecule has 0 unspecified atom stereocenters. The van der Waals surface area contributed by atoms with Crippen LogP contribution in [-0.4, -0.2) is 49.3 Å². The Morgan fingerprint density at radius 2 is 2.00 bits per heavy atom. The van der Waals surface area contributed by atoms with E-state index in [1.165, 1.54) is 6.92 Å². The number of carbonyl (C=O) groups excluding carboxylic acids is 1. The summed E-state index contributed by atoms with van der Waals surface area (Å²) >= 11 is 0. The van der Waals surface area contributed by atoms with E-state index < -0.39 is 0 Å². The van der Waals surface area contributed by atoms with Gasteiger partial charge in [0.25, 0.3) is 0 Å². The average Bonchev–Trinajstić information content (AvgIpc) is 2.16. The van der Waals surface area contributed by atoms with E-state index in [2.05, 4.69) is 18.7 Å². The number of nitrogens with zero attached hydrogens (tertiary/aromatic N) is 1. The summed E-state index contributed by atoms with van der Waals surface area (Å²) in [6.45, 7) is 9.41. The highest BCUT2D eigenvalue weighted by Crippen LogP contribution is 2.16. The number of carbonyl (C=O) groups is 1. The molecule has 0 N–H and O–H groups in total. The zero-order valence-electron chi connectivity index (χ0n) is 9.21. The molecule has 0 aromatic rings. The van der Waals surface area contributed by atoms with E-state index in [0.29, 0.717) is 6.61 Å². The van der Waals surface area contributed by atoms with Crippen molar-refractivity contribution in [3.8, 4) is 0 Å². The molecule has 0 spiro atoms. The van der Waals surface area contributed by atoms with Gasteiger partial charge in [-0.2, -0.15) is 0 Å². The molecular weight excluding hydrogens is 182 g/mol. The predicted molar refractivity (Wildman–Crippen MR) is 53.1 cm³/mol. The van der Waals surface area contributed by atoms with Crippen LogP contribution in [-0.2, 0) is 14.3 Å². The van der Waals surface area contributed by atoms with Crippen LogP contribution in [0.15, 0.2) is 0 Å². The van der Waals surface area contributed by atoms with Gasteiger partial charge in [0.05, 0.1) is 13.2 Å². The first kappa shape index (κ1) is 11.5. The Balaban J connectivity index is 2.41. The summed E-state index contributed by atoms with van der Waals surface area (Å²) in [7, 11) is 0. The van der Waals surface area contributed by atoms with Crippen molar-refractivity contribution < 1.29 is 14.3 Å². The topological polar surface area (TPSA) is 38.8 Å². The molecule has 0 aromatic heterocycles. The van der Waals surface area contributed by atoms with Crippen LogP contribution in [0.3, 0.4) is 0 Å². The van der Waals surface area contributed by atoms with E-state index in [9.17, 15) is 4.79 Å². The van der Waals surface area contributed by atoms with Crippen LogP contribution < -0.4 is 0 Å². The molecule has 82 valence electrons. The van der Waals surface area contributed by atoms with E-state index in [4.69, 9.17) is 9.47 Å². The first-order valence-electron chi connectivity index (χ1n) is 4.98. The molecule has 0 radical (unpaired) electrons. The molecule has 0 bridgehead atoms. The highest BCUT2D eigenvalue weighted by molar-refractivity contribution is 5.65. The minimum atomic E-state index is -0.216. The van der Waals surface area contributed by atoms with Crippen LogP contribution in [0.1, 0.15) is 20.8 Å². The normalized spacial score (nSPS) is 19.4. The summed E-state index contributed by atoms with van der Waals surface area (Å²) in [6, 6.07) is 0. The van der Waals surface area contributed by atoms with E-state index >= 15 is 0 Å². The Kier molecular flexibility index (Phi) is 3.89. The standard InChI is InChI=1S/C10H19NO3/c1-9(12)14-8-10(2,3)11-4-6-13-7-5-11/h4-8H2,1-3H3. The Morgan fingerprint density at radius 3 is 2.50 bits per heavy atom. The summed E-state index contributed by atoms with van der Waals surface area (Å²) in [4.78, 5) is 13.0. The van der Waals surface area contributed by atoms with Crippen LogP contribution in [0, 0.1) is 0 Å². The average molecular weight is 201 g/mol. The van der Waals surface area contributed by atoms with Crippen LogP contribution in [0.25, 0.3) is 0 Å². The molecular formula is C10H19NO3. The van der Waals surface area contributed by atoms with Gasteiger partial charge in [0, 0.05) is 25.6 Å². The van der Waals surface area contributed by atoms with Gasteiger partial charge in [0.15, 0.2) is 0 Å². The van der Waals surface area contributed by atoms with E-state index in [1.54, 1.807) is 0 Å². The molecule has 0 aromatic carbocycles. The second kappa shape index (κ2) is 4.75. The monoisotopic (exact) mass is 201 g/mol. The van der Waals surface area contributed by atoms with Gasteiger partial charge in [-0.1, -0.05) is 0 Å². The molecule has 0 atom stereocenters. The van der Waals surface area contributed by atoms with Gasteiger partial charge in [-0.05, 0) is 13.8 Å². The van der Waals surface area contributed by atoms with Gasteiger partial charge in [-0.25, -0.2) is 0 Å². The van der Waals surface area contributed by atoms with Gasteiger partial charge >= 0.3 is 5.97 Å². The molecule has 0 aliphatic carbocycles. The lowest BCUT2D eigenvalue weighted by atomic mass is 10.0. The lowest BCUT2D eigenvalue weighted by Gasteiger charge is -2.40. The molecule has 14 heavy (non-hydrogen) atoms. The Morgan fingerprint density at radius 1 is 1.43 bits per heavy atom. The maximum absolute atomic E-state index is 10.7. The van der Waals surface area contributed by atoms with Crippen molar-refractivity contribution in [2.45, 2.75) is 26.3 Å². The van der Waals surface area contributed by atoms with Crippen molar-refractivity contribution in [1.29, 1.82) is 0 Å². The lowest BCUT2D eigenvalue weighted by molar-refractivity contribution is -0.146. The number of ether oxygens (including phenoxy) is 2. The molecule has 0 amide bonds. The zero-order valence-corrected chi connectivity index (χ0v) is 9.21. The van der Waals surface area contributed by atoms with Crippen LogP contribution >= 0.6 is 0 Å². The minimum absolute atomic E-state index is 0.0878. The first-order chi connectivity index (χ1) is 6.52.